The average molecular weight is 386 g/mol. The highest BCUT2D eigenvalue weighted by Gasteiger charge is 2.21. The van der Waals surface area contributed by atoms with Gasteiger partial charge >= 0.3 is 0 Å². The number of halogens is 1. The fourth-order valence-corrected chi connectivity index (χ4v) is 5.11. The van der Waals surface area contributed by atoms with Crippen LogP contribution >= 0.6 is 27.3 Å². The van der Waals surface area contributed by atoms with E-state index in [4.69, 9.17) is 0 Å². The van der Waals surface area contributed by atoms with Crippen LogP contribution in [0.15, 0.2) is 50.7 Å². The zero-order valence-electron chi connectivity index (χ0n) is 10.3. The highest BCUT2D eigenvalue weighted by Crippen LogP contribution is 2.30. The fraction of sp³-hybridized carbons (Fsp3) is 0. The lowest BCUT2D eigenvalue weighted by Gasteiger charge is -2.11. The van der Waals surface area contributed by atoms with Gasteiger partial charge in [0.25, 0.3) is 10.0 Å². The number of nitrogens with one attached hydrogen (secondary N) is 1. The van der Waals surface area contributed by atoms with Gasteiger partial charge in [-0.25, -0.2) is 8.42 Å². The van der Waals surface area contributed by atoms with Crippen molar-refractivity contribution in [3.05, 3.63) is 46.5 Å². The quantitative estimate of drug-likeness (QED) is 0.743. The van der Waals surface area contributed by atoms with E-state index in [-0.39, 0.29) is 4.21 Å². The van der Waals surface area contributed by atoms with Gasteiger partial charge in [-0.1, -0.05) is 12.1 Å². The molecule has 0 bridgehead atoms. The Morgan fingerprint density at radius 1 is 1.24 bits per heavy atom. The number of benzene rings is 1. The first-order valence-corrected chi connectivity index (χ1v) is 8.82. The van der Waals surface area contributed by atoms with Gasteiger partial charge in [-0.2, -0.15) is 4.68 Å². The van der Waals surface area contributed by atoms with Crippen LogP contribution in [0.5, 0.6) is 0 Å². The number of hydrogen-bond donors (Lipinski definition) is 1. The largest absolute Gasteiger partial charge is 0.277 e. The highest BCUT2D eigenvalue weighted by atomic mass is 79.9. The maximum atomic E-state index is 12.4. The summed E-state index contributed by atoms with van der Waals surface area (Å²) in [7, 11) is -3.67. The minimum atomic E-state index is -3.67. The van der Waals surface area contributed by atoms with Gasteiger partial charge < -0.3 is 0 Å². The molecule has 0 atom stereocenters. The molecule has 7 nitrogen and oxygen atoms in total. The lowest BCUT2D eigenvalue weighted by atomic mass is 10.3. The number of hydrogen-bond acceptors (Lipinski definition) is 6. The number of anilines is 1. The maximum absolute atomic E-state index is 12.4. The van der Waals surface area contributed by atoms with E-state index in [0.717, 1.165) is 11.3 Å². The topological polar surface area (TPSA) is 89.8 Å². The number of thiophene rings is 1. The van der Waals surface area contributed by atoms with Gasteiger partial charge in [-0.05, 0) is 49.9 Å². The third-order valence-corrected chi connectivity index (χ3v) is 6.61. The molecular formula is C11H8BrN5O2S2. The Morgan fingerprint density at radius 3 is 2.71 bits per heavy atom. The molecule has 0 aliphatic rings. The zero-order valence-corrected chi connectivity index (χ0v) is 13.6. The number of tetrazole rings is 1. The van der Waals surface area contributed by atoms with Crippen LogP contribution in [0, 0.1) is 0 Å². The summed E-state index contributed by atoms with van der Waals surface area (Å²) in [6, 6.07) is 8.56. The summed E-state index contributed by atoms with van der Waals surface area (Å²) >= 11 is 4.36. The molecule has 21 heavy (non-hydrogen) atoms. The lowest BCUT2D eigenvalue weighted by molar-refractivity contribution is 0.602. The second kappa shape index (κ2) is 5.54. The second-order valence-corrected chi connectivity index (χ2v) is 7.58. The van der Waals surface area contributed by atoms with Crippen molar-refractivity contribution in [2.45, 2.75) is 4.21 Å². The van der Waals surface area contributed by atoms with E-state index in [2.05, 4.69) is 36.2 Å². The van der Waals surface area contributed by atoms with Crippen molar-refractivity contribution in [2.75, 3.05) is 4.72 Å². The van der Waals surface area contributed by atoms with E-state index in [0.29, 0.717) is 15.8 Å². The zero-order chi connectivity index (χ0) is 14.9. The summed E-state index contributed by atoms with van der Waals surface area (Å²) in [5, 5.41) is 12.6. The first-order valence-electron chi connectivity index (χ1n) is 5.66. The molecule has 10 heteroatoms. The van der Waals surface area contributed by atoms with Crippen LogP contribution in [0.4, 0.5) is 5.69 Å². The maximum Gasteiger partial charge on any atom is 0.272 e. The van der Waals surface area contributed by atoms with E-state index in [1.54, 1.807) is 35.7 Å². The van der Waals surface area contributed by atoms with Crippen molar-refractivity contribution in [3.8, 4) is 5.69 Å². The standard InChI is InChI=1S/C11H8BrN5O2S2/c12-8-5-6-20-11(8)21(18,19)14-9-3-1-2-4-10(9)17-7-13-15-16-17/h1-7,14H. The Kier molecular flexibility index (Phi) is 3.74. The van der Waals surface area contributed by atoms with E-state index in [1.165, 1.54) is 11.0 Å². The van der Waals surface area contributed by atoms with Gasteiger partial charge in [-0.3, -0.25) is 4.72 Å². The molecule has 0 aliphatic carbocycles. The third-order valence-electron chi connectivity index (χ3n) is 2.57. The number of nitrogens with zero attached hydrogens (tertiary/aromatic N) is 4. The Morgan fingerprint density at radius 2 is 2.05 bits per heavy atom. The third kappa shape index (κ3) is 2.82. The Hall–Kier alpha value is -1.78. The molecule has 2 heterocycles. The first-order chi connectivity index (χ1) is 10.1. The Bertz CT molecular complexity index is 860. The normalized spacial score (nSPS) is 11.5. The smallest absolute Gasteiger partial charge is 0.272 e. The summed E-state index contributed by atoms with van der Waals surface area (Å²) in [6.07, 6.45) is 1.40. The molecule has 0 saturated carbocycles. The van der Waals surface area contributed by atoms with Gasteiger partial charge in [0.05, 0.1) is 11.4 Å². The molecule has 0 saturated heterocycles. The summed E-state index contributed by atoms with van der Waals surface area (Å²) < 4.78 is 29.5. The summed E-state index contributed by atoms with van der Waals surface area (Å²) in [4.78, 5) is 0. The van der Waals surface area contributed by atoms with E-state index in [1.807, 2.05) is 0 Å². The number of sulfonamides is 1. The molecule has 0 fully saturated rings. The van der Waals surface area contributed by atoms with Crippen LogP contribution < -0.4 is 4.72 Å². The summed E-state index contributed by atoms with van der Waals surface area (Å²) in [6.45, 7) is 0. The molecule has 2 aromatic heterocycles. The molecule has 0 aliphatic heterocycles. The lowest BCUT2D eigenvalue weighted by Crippen LogP contribution is -2.14. The SMILES string of the molecule is O=S(=O)(Nc1ccccc1-n1cnnn1)c1sccc1Br. The Balaban J connectivity index is 2.02. The highest BCUT2D eigenvalue weighted by molar-refractivity contribution is 9.10. The number of rotatable bonds is 4. The summed E-state index contributed by atoms with van der Waals surface area (Å²) in [5.41, 5.74) is 0.934. The second-order valence-electron chi connectivity index (χ2n) is 3.93. The predicted octanol–water partition coefficient (Wildman–Crippen LogP) is 2.29. The molecule has 0 spiro atoms. The molecule has 1 N–H and O–H groups in total. The van der Waals surface area contributed by atoms with Crippen LogP contribution in [0.1, 0.15) is 0 Å². The van der Waals surface area contributed by atoms with Gasteiger partial charge in [0.2, 0.25) is 0 Å². The van der Waals surface area contributed by atoms with Crippen molar-refractivity contribution in [2.24, 2.45) is 0 Å². The van der Waals surface area contributed by atoms with E-state index >= 15 is 0 Å². The van der Waals surface area contributed by atoms with Gasteiger partial charge in [-0.15, -0.1) is 16.4 Å². The van der Waals surface area contributed by atoms with Crippen molar-refractivity contribution in [1.29, 1.82) is 0 Å². The van der Waals surface area contributed by atoms with Crippen molar-refractivity contribution in [3.63, 3.8) is 0 Å². The van der Waals surface area contributed by atoms with Crippen molar-refractivity contribution in [1.82, 2.24) is 20.2 Å². The molecule has 3 rings (SSSR count). The predicted molar refractivity (Wildman–Crippen MR) is 82.0 cm³/mol. The van der Waals surface area contributed by atoms with Crippen molar-refractivity contribution >= 4 is 43.0 Å². The van der Waals surface area contributed by atoms with Crippen LogP contribution in [0.25, 0.3) is 5.69 Å². The van der Waals surface area contributed by atoms with Gasteiger partial charge in [0, 0.05) is 4.47 Å². The molecule has 108 valence electrons. The molecule has 3 aromatic rings. The molecule has 0 unspecified atom stereocenters. The first kappa shape index (κ1) is 14.2. The Labute approximate surface area is 132 Å². The van der Waals surface area contributed by atoms with Gasteiger partial charge in [0.15, 0.2) is 4.21 Å². The van der Waals surface area contributed by atoms with Crippen LogP contribution in [0.2, 0.25) is 0 Å². The van der Waals surface area contributed by atoms with Crippen LogP contribution in [-0.2, 0) is 10.0 Å². The molecule has 0 amide bonds. The van der Waals surface area contributed by atoms with Crippen LogP contribution in [-0.4, -0.2) is 28.6 Å². The molecule has 1 aromatic carbocycles. The monoisotopic (exact) mass is 385 g/mol. The minimum absolute atomic E-state index is 0.217. The van der Waals surface area contributed by atoms with Crippen molar-refractivity contribution < 1.29 is 8.42 Å². The average Bonchev–Trinajstić information content (AvgIpc) is 3.10. The van der Waals surface area contributed by atoms with E-state index < -0.39 is 10.0 Å². The van der Waals surface area contributed by atoms with E-state index in [9.17, 15) is 8.42 Å². The molecular weight excluding hydrogens is 378 g/mol. The number of para-hydroxylation sites is 2. The van der Waals surface area contributed by atoms with Gasteiger partial charge in [0.1, 0.15) is 6.33 Å². The summed E-state index contributed by atoms with van der Waals surface area (Å²) in [5.74, 6) is 0. The molecule has 0 radical (unpaired) electrons. The number of aromatic nitrogens is 4. The fourth-order valence-electron chi connectivity index (χ4n) is 1.69. The minimum Gasteiger partial charge on any atom is -0.277 e. The van der Waals surface area contributed by atoms with Crippen LogP contribution in [0.3, 0.4) is 0 Å².